The molecule has 0 radical (unpaired) electrons. The SMILES string of the molecule is COc1ccc(C2=NO[C@H]3C(=O)N(c4ccc(F)cc4F)C(=O)[C@H]23)c(OC)c1. The number of amides is 2. The molecule has 2 atom stereocenters. The van der Waals surface area contributed by atoms with E-state index in [-0.39, 0.29) is 11.4 Å². The lowest BCUT2D eigenvalue weighted by molar-refractivity contribution is -0.126. The highest BCUT2D eigenvalue weighted by molar-refractivity contribution is 6.32. The molecular weight excluding hydrogens is 374 g/mol. The molecule has 0 N–H and O–H groups in total. The van der Waals surface area contributed by atoms with Crippen molar-refractivity contribution < 1.29 is 32.7 Å². The van der Waals surface area contributed by atoms with Gasteiger partial charge in [0.2, 0.25) is 12.0 Å². The van der Waals surface area contributed by atoms with Gasteiger partial charge in [-0.15, -0.1) is 0 Å². The van der Waals surface area contributed by atoms with Crippen LogP contribution in [0.1, 0.15) is 5.56 Å². The number of rotatable bonds is 4. The van der Waals surface area contributed by atoms with Crippen molar-refractivity contribution in [2.45, 2.75) is 6.10 Å². The van der Waals surface area contributed by atoms with Gasteiger partial charge in [-0.2, -0.15) is 0 Å². The molecule has 0 unspecified atom stereocenters. The summed E-state index contributed by atoms with van der Waals surface area (Å²) in [5.74, 6) is -3.50. The standard InChI is InChI=1S/C19H14F2N2O5/c1-26-10-4-5-11(14(8-10)27-2)16-15-17(28-22-16)19(25)23(18(15)24)13-6-3-9(20)7-12(13)21/h3-8,15,17H,1-2H3/t15-,17-/m1/s1. The number of benzene rings is 2. The Morgan fingerprint density at radius 3 is 2.50 bits per heavy atom. The second kappa shape index (κ2) is 6.59. The van der Waals surface area contributed by atoms with Crippen LogP contribution in [0.5, 0.6) is 11.5 Å². The number of fused-ring (bicyclic) bond motifs is 1. The molecule has 0 bridgehead atoms. The van der Waals surface area contributed by atoms with E-state index in [9.17, 15) is 18.4 Å². The van der Waals surface area contributed by atoms with Crippen LogP contribution in [0.25, 0.3) is 0 Å². The maximum Gasteiger partial charge on any atom is 0.279 e. The van der Waals surface area contributed by atoms with Crippen LogP contribution in [-0.4, -0.2) is 37.8 Å². The minimum Gasteiger partial charge on any atom is -0.497 e. The van der Waals surface area contributed by atoms with Gasteiger partial charge in [0.05, 0.1) is 19.9 Å². The quantitative estimate of drug-likeness (QED) is 0.751. The number of nitrogens with zero attached hydrogens (tertiary/aromatic N) is 2. The van der Waals surface area contributed by atoms with Crippen LogP contribution in [0.3, 0.4) is 0 Å². The molecule has 0 saturated carbocycles. The van der Waals surface area contributed by atoms with E-state index in [1.165, 1.54) is 14.2 Å². The summed E-state index contributed by atoms with van der Waals surface area (Å²) in [5.41, 5.74) is 0.293. The maximum atomic E-state index is 14.2. The van der Waals surface area contributed by atoms with Crippen LogP contribution in [0.4, 0.5) is 14.5 Å². The van der Waals surface area contributed by atoms with Gasteiger partial charge >= 0.3 is 0 Å². The van der Waals surface area contributed by atoms with Crippen molar-refractivity contribution in [1.29, 1.82) is 0 Å². The second-order valence-electron chi connectivity index (χ2n) is 6.15. The summed E-state index contributed by atoms with van der Waals surface area (Å²) in [6.07, 6.45) is -1.22. The third-order valence-corrected chi connectivity index (χ3v) is 4.65. The van der Waals surface area contributed by atoms with E-state index in [0.717, 1.165) is 12.1 Å². The number of carbonyl (C=O) groups excluding carboxylic acids is 2. The van der Waals surface area contributed by atoms with Crippen molar-refractivity contribution in [3.63, 3.8) is 0 Å². The van der Waals surface area contributed by atoms with Crippen molar-refractivity contribution in [3.8, 4) is 11.5 Å². The van der Waals surface area contributed by atoms with Crippen LogP contribution >= 0.6 is 0 Å². The number of oxime groups is 1. The van der Waals surface area contributed by atoms with Gasteiger partial charge in [-0.25, -0.2) is 13.7 Å². The van der Waals surface area contributed by atoms with E-state index in [4.69, 9.17) is 14.3 Å². The normalized spacial score (nSPS) is 20.7. The molecule has 9 heteroatoms. The third kappa shape index (κ3) is 2.58. The largest absolute Gasteiger partial charge is 0.497 e. The topological polar surface area (TPSA) is 77.4 Å². The lowest BCUT2D eigenvalue weighted by atomic mass is 9.93. The molecule has 1 saturated heterocycles. The molecule has 28 heavy (non-hydrogen) atoms. The minimum atomic E-state index is -1.22. The number of anilines is 1. The van der Waals surface area contributed by atoms with Gasteiger partial charge in [-0.1, -0.05) is 5.16 Å². The van der Waals surface area contributed by atoms with E-state index < -0.39 is 35.5 Å². The van der Waals surface area contributed by atoms with Crippen LogP contribution in [0.2, 0.25) is 0 Å². The summed E-state index contributed by atoms with van der Waals surface area (Å²) in [6.45, 7) is 0. The predicted octanol–water partition coefficient (Wildman–Crippen LogP) is 2.27. The number of halogens is 2. The highest BCUT2D eigenvalue weighted by Crippen LogP contribution is 2.38. The summed E-state index contributed by atoms with van der Waals surface area (Å²) in [7, 11) is 2.93. The van der Waals surface area contributed by atoms with Crippen LogP contribution in [-0.2, 0) is 14.4 Å². The van der Waals surface area contributed by atoms with E-state index in [1.54, 1.807) is 18.2 Å². The Morgan fingerprint density at radius 1 is 1.04 bits per heavy atom. The second-order valence-corrected chi connectivity index (χ2v) is 6.15. The number of imide groups is 1. The molecule has 2 heterocycles. The first-order valence-corrected chi connectivity index (χ1v) is 8.25. The Bertz CT molecular complexity index is 1020. The molecule has 2 aliphatic heterocycles. The number of ether oxygens (including phenoxy) is 2. The molecule has 2 aromatic rings. The first kappa shape index (κ1) is 17.9. The maximum absolute atomic E-state index is 14.2. The fraction of sp³-hybridized carbons (Fsp3) is 0.211. The van der Waals surface area contributed by atoms with Gasteiger partial charge in [0, 0.05) is 17.7 Å². The number of methoxy groups -OCH3 is 2. The highest BCUT2D eigenvalue weighted by atomic mass is 19.1. The zero-order chi connectivity index (χ0) is 20.0. The van der Waals surface area contributed by atoms with E-state index in [1.807, 2.05) is 0 Å². The highest BCUT2D eigenvalue weighted by Gasteiger charge is 2.57. The predicted molar refractivity (Wildman–Crippen MR) is 93.3 cm³/mol. The van der Waals surface area contributed by atoms with Gasteiger partial charge in [0.25, 0.3) is 5.91 Å². The van der Waals surface area contributed by atoms with Crippen molar-refractivity contribution in [2.24, 2.45) is 11.1 Å². The smallest absolute Gasteiger partial charge is 0.279 e. The lowest BCUT2D eigenvalue weighted by Crippen LogP contribution is -2.34. The van der Waals surface area contributed by atoms with Crippen molar-refractivity contribution in [2.75, 3.05) is 19.1 Å². The zero-order valence-corrected chi connectivity index (χ0v) is 14.8. The Labute approximate surface area is 158 Å². The van der Waals surface area contributed by atoms with Crippen molar-refractivity contribution >= 4 is 23.2 Å². The van der Waals surface area contributed by atoms with Crippen molar-refractivity contribution in [3.05, 3.63) is 53.6 Å². The van der Waals surface area contributed by atoms with Crippen LogP contribution in [0.15, 0.2) is 41.6 Å². The zero-order valence-electron chi connectivity index (χ0n) is 14.8. The Morgan fingerprint density at radius 2 is 1.82 bits per heavy atom. The Balaban J connectivity index is 1.73. The molecular formula is C19H14F2N2O5. The molecule has 0 aromatic heterocycles. The van der Waals surface area contributed by atoms with Gasteiger partial charge in [-0.05, 0) is 24.3 Å². The lowest BCUT2D eigenvalue weighted by Gasteiger charge is -2.16. The Hall–Kier alpha value is -3.49. The fourth-order valence-corrected chi connectivity index (χ4v) is 3.31. The molecule has 2 aromatic carbocycles. The summed E-state index contributed by atoms with van der Waals surface area (Å²) >= 11 is 0. The molecule has 0 aliphatic carbocycles. The van der Waals surface area contributed by atoms with E-state index >= 15 is 0 Å². The molecule has 2 aliphatic rings. The number of hydrogen-bond acceptors (Lipinski definition) is 6. The van der Waals surface area contributed by atoms with Gasteiger partial charge in [0.15, 0.2) is 0 Å². The first-order chi connectivity index (χ1) is 13.5. The van der Waals surface area contributed by atoms with Gasteiger partial charge in [-0.3, -0.25) is 9.59 Å². The third-order valence-electron chi connectivity index (χ3n) is 4.65. The van der Waals surface area contributed by atoms with Crippen LogP contribution in [0, 0.1) is 17.6 Å². The van der Waals surface area contributed by atoms with Crippen LogP contribution < -0.4 is 14.4 Å². The Kier molecular flexibility index (Phi) is 4.21. The fourth-order valence-electron chi connectivity index (χ4n) is 3.31. The molecule has 2 amide bonds. The summed E-state index contributed by atoms with van der Waals surface area (Å²) in [5, 5.41) is 3.89. The van der Waals surface area contributed by atoms with Gasteiger partial charge < -0.3 is 14.3 Å². The molecule has 4 rings (SSSR count). The van der Waals surface area contributed by atoms with E-state index in [2.05, 4.69) is 5.16 Å². The average Bonchev–Trinajstić information content (AvgIpc) is 3.22. The molecule has 1 fully saturated rings. The summed E-state index contributed by atoms with van der Waals surface area (Å²) in [6, 6.07) is 7.48. The summed E-state index contributed by atoms with van der Waals surface area (Å²) in [4.78, 5) is 31.5. The molecule has 7 nitrogen and oxygen atoms in total. The van der Waals surface area contributed by atoms with E-state index in [0.29, 0.717) is 28.0 Å². The first-order valence-electron chi connectivity index (χ1n) is 8.25. The molecule has 144 valence electrons. The minimum absolute atomic E-state index is 0.188. The average molecular weight is 388 g/mol. The van der Waals surface area contributed by atoms with Crippen molar-refractivity contribution in [1.82, 2.24) is 0 Å². The number of hydrogen-bond donors (Lipinski definition) is 0. The summed E-state index contributed by atoms with van der Waals surface area (Å²) < 4.78 is 37.8. The number of carbonyl (C=O) groups is 2. The molecule has 0 spiro atoms. The monoisotopic (exact) mass is 388 g/mol. The van der Waals surface area contributed by atoms with Gasteiger partial charge in [0.1, 0.15) is 34.8 Å².